The Balaban J connectivity index is 3.06. The Hall–Kier alpha value is -0.830. The van der Waals surface area contributed by atoms with E-state index < -0.39 is 35.9 Å². The van der Waals surface area contributed by atoms with Crippen LogP contribution in [-0.4, -0.2) is 27.6 Å². The van der Waals surface area contributed by atoms with Gasteiger partial charge in [-0.2, -0.15) is 21.6 Å². The molecule has 111 valence electrons. The Kier molecular flexibility index (Phi) is 6.25. The second kappa shape index (κ2) is 7.26. The lowest BCUT2D eigenvalue weighted by Gasteiger charge is -2.04. The minimum Gasteiger partial charge on any atom is -0.372 e. The highest BCUT2D eigenvalue weighted by Crippen LogP contribution is 2.22. The molecule has 4 nitrogen and oxygen atoms in total. The third-order valence-electron chi connectivity index (χ3n) is 1.73. The van der Waals surface area contributed by atoms with Crippen LogP contribution in [0.5, 0.6) is 0 Å². The van der Waals surface area contributed by atoms with Gasteiger partial charge in [-0.15, -0.1) is 0 Å². The molecule has 0 amide bonds. The monoisotopic (exact) mass is 422 g/mol. The Labute approximate surface area is 122 Å². The molecule has 0 saturated carbocycles. The van der Waals surface area contributed by atoms with E-state index in [0.29, 0.717) is 3.57 Å². The number of ether oxygens (including phenoxy) is 1. The van der Waals surface area contributed by atoms with Crippen LogP contribution in [0.25, 0.3) is 0 Å². The lowest BCUT2D eigenvalue weighted by atomic mass is 10.4. The minimum atomic E-state index is -5.66. The molecular weight excluding hydrogens is 412 g/mol. The second-order valence-corrected chi connectivity index (χ2v) is 8.99. The van der Waals surface area contributed by atoms with E-state index in [-0.39, 0.29) is 6.61 Å². The van der Waals surface area contributed by atoms with Crippen molar-refractivity contribution in [3.8, 4) is 9.85 Å². The summed E-state index contributed by atoms with van der Waals surface area (Å²) in [5, 5.41) is 0. The molecule has 0 saturated heterocycles. The Morgan fingerprint density at radius 3 is 2.35 bits per heavy atom. The highest BCUT2D eigenvalue weighted by atomic mass is 127. The molecule has 0 N–H and O–H groups in total. The lowest BCUT2D eigenvalue weighted by molar-refractivity contribution is -0.989. The van der Waals surface area contributed by atoms with E-state index in [1.807, 2.05) is 0 Å². The van der Waals surface area contributed by atoms with Gasteiger partial charge in [0.1, 0.15) is 6.61 Å². The van der Waals surface area contributed by atoms with Crippen molar-refractivity contribution in [2.75, 3.05) is 13.7 Å². The van der Waals surface area contributed by atoms with Gasteiger partial charge < -0.3 is 4.74 Å². The lowest BCUT2D eigenvalue weighted by Crippen LogP contribution is -3.84. The first kappa shape index (κ1) is 17.2. The fourth-order valence-corrected chi connectivity index (χ4v) is 6.06. The smallest absolute Gasteiger partial charge is 0.372 e. The molecule has 0 unspecified atom stereocenters. The van der Waals surface area contributed by atoms with Crippen molar-refractivity contribution in [3.63, 3.8) is 0 Å². The quantitative estimate of drug-likeness (QED) is 0.350. The van der Waals surface area contributed by atoms with Gasteiger partial charge in [-0.1, -0.05) is 18.2 Å². The van der Waals surface area contributed by atoms with E-state index in [1.54, 1.807) is 18.2 Å². The van der Waals surface area contributed by atoms with Crippen molar-refractivity contribution in [3.05, 3.63) is 33.9 Å². The Bertz CT molecular complexity index is 590. The Morgan fingerprint density at radius 1 is 1.25 bits per heavy atom. The fourth-order valence-electron chi connectivity index (χ4n) is 0.915. The van der Waals surface area contributed by atoms with E-state index >= 15 is 0 Å². The zero-order valence-corrected chi connectivity index (χ0v) is 13.1. The normalized spacial score (nSPS) is 12.1. The summed E-state index contributed by atoms with van der Waals surface area (Å²) in [7, 11) is -4.29. The zero-order chi connectivity index (χ0) is 15.2. The summed E-state index contributed by atoms with van der Waals surface area (Å²) in [5.74, 6) is 2.45. The van der Waals surface area contributed by atoms with Crippen molar-refractivity contribution in [2.45, 2.75) is 5.51 Å². The summed E-state index contributed by atoms with van der Waals surface area (Å²) in [6.07, 6.45) is 0. The number of rotatable bonds is 4. The molecular formula is C11H10F3IO4S+. The molecule has 0 aliphatic rings. The minimum absolute atomic E-state index is 0.0176. The van der Waals surface area contributed by atoms with Gasteiger partial charge in [-0.25, -0.2) is 0 Å². The number of methoxy groups -OCH3 is 1. The van der Waals surface area contributed by atoms with Crippen LogP contribution >= 0.6 is 0 Å². The van der Waals surface area contributed by atoms with Gasteiger partial charge in [0.2, 0.25) is 0 Å². The molecule has 1 aromatic carbocycles. The number of hydrogen-bond donors (Lipinski definition) is 0. The van der Waals surface area contributed by atoms with E-state index in [2.05, 4.69) is 17.1 Å². The van der Waals surface area contributed by atoms with Crippen LogP contribution in [0.1, 0.15) is 0 Å². The molecule has 0 aromatic heterocycles. The van der Waals surface area contributed by atoms with Crippen molar-refractivity contribution in [1.82, 2.24) is 0 Å². The molecule has 1 aromatic rings. The molecule has 0 aliphatic heterocycles. The molecule has 0 fully saturated rings. The van der Waals surface area contributed by atoms with Crippen molar-refractivity contribution in [1.29, 1.82) is 0 Å². The van der Waals surface area contributed by atoms with E-state index in [9.17, 15) is 21.6 Å². The fraction of sp³-hybridized carbons (Fsp3) is 0.273. The van der Waals surface area contributed by atoms with Gasteiger partial charge in [0, 0.05) is 7.11 Å². The van der Waals surface area contributed by atoms with Crippen molar-refractivity contribution in [2.24, 2.45) is 0 Å². The number of benzene rings is 1. The predicted molar refractivity (Wildman–Crippen MR) is 60.9 cm³/mol. The van der Waals surface area contributed by atoms with Crippen LogP contribution in [-0.2, 0) is 17.4 Å². The average molecular weight is 422 g/mol. The second-order valence-electron chi connectivity index (χ2n) is 3.21. The average Bonchev–Trinajstić information content (AvgIpc) is 2.37. The highest BCUT2D eigenvalue weighted by molar-refractivity contribution is 7.87. The molecule has 0 heterocycles. The van der Waals surface area contributed by atoms with Crippen LogP contribution in [0.3, 0.4) is 0 Å². The zero-order valence-electron chi connectivity index (χ0n) is 10.1. The summed E-state index contributed by atoms with van der Waals surface area (Å²) in [4.78, 5) is 0. The van der Waals surface area contributed by atoms with E-state index in [0.717, 1.165) is 0 Å². The van der Waals surface area contributed by atoms with Crippen molar-refractivity contribution < 1.29 is 49.1 Å². The maximum Gasteiger partial charge on any atom is 0.526 e. The maximum absolute atomic E-state index is 12.3. The summed E-state index contributed by atoms with van der Waals surface area (Å²) < 4.78 is 70.9. The molecule has 0 spiro atoms. The van der Waals surface area contributed by atoms with Gasteiger partial charge in [0.05, 0.1) is 0 Å². The number of hydrogen-bond acceptors (Lipinski definition) is 4. The molecule has 1 radical (unpaired) electrons. The third kappa shape index (κ3) is 4.93. The molecule has 9 heteroatoms. The van der Waals surface area contributed by atoms with Gasteiger partial charge in [0.15, 0.2) is 7.50 Å². The number of alkyl halides is 3. The summed E-state index contributed by atoms with van der Waals surface area (Å²) in [6.45, 7) is -0.0176. The first-order valence-corrected chi connectivity index (χ1v) is 9.46. The SMILES string of the molecule is COCC#C[I+](OS(=O)(=O)C(F)(F)F)c1ccccc1. The van der Waals surface area contributed by atoms with Gasteiger partial charge >= 0.3 is 35.9 Å². The van der Waals surface area contributed by atoms with E-state index in [1.165, 1.54) is 19.2 Å². The van der Waals surface area contributed by atoms with Crippen LogP contribution in [0.4, 0.5) is 13.2 Å². The maximum atomic E-state index is 12.3. The van der Waals surface area contributed by atoms with Gasteiger partial charge in [-0.3, -0.25) is 0 Å². The predicted octanol–water partition coefficient (Wildman–Crippen LogP) is -1.13. The first-order valence-electron chi connectivity index (χ1n) is 5.01. The van der Waals surface area contributed by atoms with Crippen LogP contribution in [0.2, 0.25) is 0 Å². The summed E-state index contributed by atoms with van der Waals surface area (Å²) >= 11 is -3.30. The first-order chi connectivity index (χ1) is 9.28. The van der Waals surface area contributed by atoms with Crippen molar-refractivity contribution >= 4 is 10.1 Å². The molecule has 20 heavy (non-hydrogen) atoms. The molecule has 1 rings (SSSR count). The van der Waals surface area contributed by atoms with Gasteiger partial charge in [-0.05, 0) is 20.6 Å². The molecule has 0 bridgehead atoms. The summed E-state index contributed by atoms with van der Waals surface area (Å²) in [5.41, 5.74) is -5.46. The highest BCUT2D eigenvalue weighted by Gasteiger charge is 2.53. The molecule has 0 atom stereocenters. The van der Waals surface area contributed by atoms with Crippen LogP contribution in [0, 0.1) is 13.4 Å². The summed E-state index contributed by atoms with van der Waals surface area (Å²) in [6, 6.07) is 7.76. The molecule has 0 aliphatic carbocycles. The van der Waals surface area contributed by atoms with Crippen LogP contribution < -0.4 is 20.2 Å². The van der Waals surface area contributed by atoms with Crippen LogP contribution in [0.15, 0.2) is 30.3 Å². The van der Waals surface area contributed by atoms with E-state index in [4.69, 9.17) is 0 Å². The number of halogens is 4. The Morgan fingerprint density at radius 2 is 1.85 bits per heavy atom. The van der Waals surface area contributed by atoms with Gasteiger partial charge in [0.25, 0.3) is 0 Å². The largest absolute Gasteiger partial charge is 0.526 e. The topological polar surface area (TPSA) is 52.6 Å². The standard InChI is InChI=1S/C11H10F3IO4S/c1-18-9-5-8-15(10-6-3-2-4-7-10)19-20(16,17)11(12,13)14/h2-4,6-7H,9H2,1H3/q+1. The third-order valence-corrected chi connectivity index (χ3v) is 7.81.